The maximum Gasteiger partial charge on any atom is 0.277 e. The molecule has 1 fully saturated rings. The van der Waals surface area contributed by atoms with Gasteiger partial charge in [-0.3, -0.25) is 4.98 Å². The third-order valence-corrected chi connectivity index (χ3v) is 4.98. The minimum Gasteiger partial charge on any atom is -0.309 e. The molecule has 3 rings (SSSR count). The number of nitrogens with zero attached hydrogens (tertiary/aromatic N) is 1. The minimum absolute atomic E-state index is 0.0231. The van der Waals surface area contributed by atoms with Gasteiger partial charge in [0.2, 0.25) is 10.0 Å². The molecule has 5 nitrogen and oxygen atoms in total. The molecule has 0 spiro atoms. The van der Waals surface area contributed by atoms with Crippen LogP contribution in [0.4, 0.5) is 8.78 Å². The quantitative estimate of drug-likeness (QED) is 0.891. The van der Waals surface area contributed by atoms with Crippen molar-refractivity contribution in [1.29, 1.82) is 0 Å². The SMILES string of the molecule is O=S(=O)(NC1CNCC1(F)F)c1cccc2cnccc12. The van der Waals surface area contributed by atoms with Crippen molar-refractivity contribution < 1.29 is 17.2 Å². The number of hydrogen-bond acceptors (Lipinski definition) is 4. The number of hydrogen-bond donors (Lipinski definition) is 2. The Labute approximate surface area is 120 Å². The van der Waals surface area contributed by atoms with Gasteiger partial charge in [0, 0.05) is 29.7 Å². The van der Waals surface area contributed by atoms with Crippen LogP contribution in [0.1, 0.15) is 0 Å². The minimum atomic E-state index is -4.04. The third-order valence-electron chi connectivity index (χ3n) is 3.45. The molecule has 112 valence electrons. The van der Waals surface area contributed by atoms with Crippen molar-refractivity contribution in [2.24, 2.45) is 0 Å². The number of benzene rings is 1. The summed E-state index contributed by atoms with van der Waals surface area (Å²) in [6.07, 6.45) is 2.99. The second-order valence-electron chi connectivity index (χ2n) is 4.92. The largest absolute Gasteiger partial charge is 0.309 e. The second-order valence-corrected chi connectivity index (χ2v) is 6.60. The van der Waals surface area contributed by atoms with Gasteiger partial charge in [-0.15, -0.1) is 0 Å². The normalized spacial score (nSPS) is 21.7. The van der Waals surface area contributed by atoms with Crippen LogP contribution in [0.2, 0.25) is 0 Å². The molecule has 0 amide bonds. The summed E-state index contributed by atoms with van der Waals surface area (Å²) in [5.74, 6) is -3.10. The summed E-state index contributed by atoms with van der Waals surface area (Å²) in [6, 6.07) is 4.77. The lowest BCUT2D eigenvalue weighted by Gasteiger charge is -2.19. The van der Waals surface area contributed by atoms with Crippen LogP contribution < -0.4 is 10.0 Å². The molecular weight excluding hydrogens is 300 g/mol. The maximum absolute atomic E-state index is 13.6. The molecule has 0 aliphatic carbocycles. The summed E-state index contributed by atoms with van der Waals surface area (Å²) in [5, 5.41) is 3.58. The fourth-order valence-electron chi connectivity index (χ4n) is 2.36. The zero-order valence-corrected chi connectivity index (χ0v) is 11.7. The van der Waals surface area contributed by atoms with Crippen LogP contribution in [-0.2, 0) is 10.0 Å². The Bertz CT molecular complexity index is 775. The predicted octanol–water partition coefficient (Wildman–Crippen LogP) is 1.12. The Balaban J connectivity index is 2.01. The smallest absolute Gasteiger partial charge is 0.277 e. The molecule has 0 bridgehead atoms. The summed E-state index contributed by atoms with van der Waals surface area (Å²) in [6.45, 7) is -0.627. The molecule has 0 saturated carbocycles. The van der Waals surface area contributed by atoms with E-state index in [1.807, 2.05) is 0 Å². The van der Waals surface area contributed by atoms with Crippen molar-refractivity contribution in [2.75, 3.05) is 13.1 Å². The van der Waals surface area contributed by atoms with Gasteiger partial charge in [-0.25, -0.2) is 21.9 Å². The number of aromatic nitrogens is 1. The molecule has 1 aromatic heterocycles. The number of nitrogens with one attached hydrogen (secondary N) is 2. The summed E-state index contributed by atoms with van der Waals surface area (Å²) in [4.78, 5) is 3.89. The average Bonchev–Trinajstić information content (AvgIpc) is 2.76. The Morgan fingerprint density at radius 2 is 2.14 bits per heavy atom. The molecule has 1 aromatic carbocycles. The molecule has 1 unspecified atom stereocenters. The zero-order valence-electron chi connectivity index (χ0n) is 10.9. The van der Waals surface area contributed by atoms with Gasteiger partial charge in [-0.05, 0) is 12.1 Å². The number of sulfonamides is 1. The van der Waals surface area contributed by atoms with E-state index >= 15 is 0 Å². The summed E-state index contributed by atoms with van der Waals surface area (Å²) >= 11 is 0. The molecule has 1 aliphatic rings. The van der Waals surface area contributed by atoms with Crippen molar-refractivity contribution >= 4 is 20.8 Å². The van der Waals surface area contributed by atoms with Crippen LogP contribution in [0.3, 0.4) is 0 Å². The molecule has 2 N–H and O–H groups in total. The number of alkyl halides is 2. The number of pyridine rings is 1. The number of fused-ring (bicyclic) bond motifs is 1. The van der Waals surface area contributed by atoms with Crippen molar-refractivity contribution in [3.63, 3.8) is 0 Å². The molecule has 1 atom stereocenters. The monoisotopic (exact) mass is 313 g/mol. The predicted molar refractivity (Wildman–Crippen MR) is 73.7 cm³/mol. The van der Waals surface area contributed by atoms with Gasteiger partial charge in [0.05, 0.1) is 17.5 Å². The van der Waals surface area contributed by atoms with E-state index in [1.54, 1.807) is 18.2 Å². The van der Waals surface area contributed by atoms with Gasteiger partial charge in [-0.1, -0.05) is 12.1 Å². The number of rotatable bonds is 3. The first kappa shape index (κ1) is 14.3. The lowest BCUT2D eigenvalue weighted by molar-refractivity contribution is 0.00330. The average molecular weight is 313 g/mol. The highest BCUT2D eigenvalue weighted by Crippen LogP contribution is 2.26. The van der Waals surface area contributed by atoms with Gasteiger partial charge in [-0.2, -0.15) is 0 Å². The van der Waals surface area contributed by atoms with Crippen molar-refractivity contribution in [1.82, 2.24) is 15.0 Å². The van der Waals surface area contributed by atoms with Gasteiger partial charge in [0.1, 0.15) is 0 Å². The zero-order chi connectivity index (χ0) is 15.1. The maximum atomic E-state index is 13.6. The molecule has 2 heterocycles. The standard InChI is InChI=1S/C13H13F2N3O2S/c14-13(15)8-17-7-12(13)18-21(19,20)11-3-1-2-9-6-16-5-4-10(9)11/h1-6,12,17-18H,7-8H2. The molecule has 1 saturated heterocycles. The van der Waals surface area contributed by atoms with E-state index in [0.29, 0.717) is 10.8 Å². The van der Waals surface area contributed by atoms with E-state index in [9.17, 15) is 17.2 Å². The Hall–Kier alpha value is -1.64. The van der Waals surface area contributed by atoms with Gasteiger partial charge >= 0.3 is 0 Å². The molecule has 21 heavy (non-hydrogen) atoms. The van der Waals surface area contributed by atoms with Crippen LogP contribution in [-0.4, -0.2) is 38.5 Å². The fourth-order valence-corrected chi connectivity index (χ4v) is 3.85. The number of halogens is 2. The molecule has 2 aromatic rings. The van der Waals surface area contributed by atoms with Gasteiger partial charge in [0.25, 0.3) is 5.92 Å². The fraction of sp³-hybridized carbons (Fsp3) is 0.308. The third kappa shape index (κ3) is 2.61. The van der Waals surface area contributed by atoms with Crippen molar-refractivity contribution in [3.8, 4) is 0 Å². The van der Waals surface area contributed by atoms with E-state index in [-0.39, 0.29) is 11.4 Å². The summed E-state index contributed by atoms with van der Waals surface area (Å²) < 4.78 is 54.0. The van der Waals surface area contributed by atoms with E-state index < -0.39 is 28.5 Å². The highest BCUT2D eigenvalue weighted by Gasteiger charge is 2.46. The summed E-state index contributed by atoms with van der Waals surface area (Å²) in [7, 11) is -4.04. The van der Waals surface area contributed by atoms with E-state index in [2.05, 4.69) is 15.0 Å². The Morgan fingerprint density at radius 3 is 2.86 bits per heavy atom. The van der Waals surface area contributed by atoms with Crippen LogP contribution in [0, 0.1) is 0 Å². The molecular formula is C13H13F2N3O2S. The molecule has 1 aliphatic heterocycles. The van der Waals surface area contributed by atoms with E-state index in [4.69, 9.17) is 0 Å². The van der Waals surface area contributed by atoms with Crippen LogP contribution in [0.25, 0.3) is 10.8 Å². The first-order valence-electron chi connectivity index (χ1n) is 6.34. The van der Waals surface area contributed by atoms with E-state index in [1.165, 1.54) is 18.5 Å². The van der Waals surface area contributed by atoms with E-state index in [0.717, 1.165) is 0 Å². The Kier molecular flexibility index (Phi) is 3.39. The van der Waals surface area contributed by atoms with Crippen LogP contribution >= 0.6 is 0 Å². The van der Waals surface area contributed by atoms with Crippen LogP contribution in [0.15, 0.2) is 41.6 Å². The highest BCUT2D eigenvalue weighted by atomic mass is 32.2. The molecule has 8 heteroatoms. The first-order valence-corrected chi connectivity index (χ1v) is 7.82. The Morgan fingerprint density at radius 1 is 1.33 bits per heavy atom. The lowest BCUT2D eigenvalue weighted by atomic mass is 10.2. The lowest BCUT2D eigenvalue weighted by Crippen LogP contribution is -2.46. The summed E-state index contributed by atoms with van der Waals surface area (Å²) in [5.41, 5.74) is 0. The van der Waals surface area contributed by atoms with Crippen molar-refractivity contribution in [3.05, 3.63) is 36.7 Å². The van der Waals surface area contributed by atoms with Crippen molar-refractivity contribution in [2.45, 2.75) is 16.9 Å². The van der Waals surface area contributed by atoms with Gasteiger partial charge < -0.3 is 5.32 Å². The molecule has 0 radical (unpaired) electrons. The van der Waals surface area contributed by atoms with Gasteiger partial charge in [0.15, 0.2) is 0 Å². The highest BCUT2D eigenvalue weighted by molar-refractivity contribution is 7.89. The first-order chi connectivity index (χ1) is 9.90. The van der Waals surface area contributed by atoms with Crippen LogP contribution in [0.5, 0.6) is 0 Å². The second kappa shape index (κ2) is 4.97. The topological polar surface area (TPSA) is 71.1 Å².